The molecule has 1 aromatic rings. The van der Waals surface area contributed by atoms with Crippen LogP contribution in [0.3, 0.4) is 0 Å². The van der Waals surface area contributed by atoms with Crippen molar-refractivity contribution in [3.8, 4) is 11.5 Å². The van der Waals surface area contributed by atoms with E-state index in [0.29, 0.717) is 42.5 Å². The third-order valence-electron chi connectivity index (χ3n) is 4.22. The SMILES string of the molecule is CCC(=O)C1CCN(C(=O)Nc2ccc(OC)c(OC)c2)CC1. The zero-order chi connectivity index (χ0) is 16.8. The highest BCUT2D eigenvalue weighted by molar-refractivity contribution is 5.90. The van der Waals surface area contributed by atoms with Crippen molar-refractivity contribution in [1.82, 2.24) is 4.90 Å². The zero-order valence-corrected chi connectivity index (χ0v) is 13.9. The summed E-state index contributed by atoms with van der Waals surface area (Å²) in [4.78, 5) is 25.8. The second-order valence-corrected chi connectivity index (χ2v) is 5.58. The molecule has 1 aliphatic rings. The van der Waals surface area contributed by atoms with E-state index in [1.54, 1.807) is 37.3 Å². The number of hydrogen-bond acceptors (Lipinski definition) is 4. The minimum atomic E-state index is -0.153. The summed E-state index contributed by atoms with van der Waals surface area (Å²) in [5, 5.41) is 2.86. The number of urea groups is 1. The van der Waals surface area contributed by atoms with Gasteiger partial charge >= 0.3 is 6.03 Å². The van der Waals surface area contributed by atoms with Crippen LogP contribution >= 0.6 is 0 Å². The van der Waals surface area contributed by atoms with Gasteiger partial charge in [-0.25, -0.2) is 4.79 Å². The minimum absolute atomic E-state index is 0.102. The molecule has 2 amide bonds. The smallest absolute Gasteiger partial charge is 0.321 e. The first-order chi connectivity index (χ1) is 11.1. The predicted molar refractivity (Wildman–Crippen MR) is 88.2 cm³/mol. The topological polar surface area (TPSA) is 67.9 Å². The fourth-order valence-electron chi connectivity index (χ4n) is 2.81. The molecule has 0 saturated carbocycles. The van der Waals surface area contributed by atoms with Crippen molar-refractivity contribution in [2.45, 2.75) is 26.2 Å². The number of Topliss-reactive ketones (excluding diaryl/α,β-unsaturated/α-hetero) is 1. The number of methoxy groups -OCH3 is 2. The highest BCUT2D eigenvalue weighted by Crippen LogP contribution is 2.30. The Morgan fingerprint density at radius 2 is 1.83 bits per heavy atom. The van der Waals surface area contributed by atoms with Gasteiger partial charge in [-0.05, 0) is 25.0 Å². The lowest BCUT2D eigenvalue weighted by Crippen LogP contribution is -2.42. The summed E-state index contributed by atoms with van der Waals surface area (Å²) >= 11 is 0. The fourth-order valence-corrected chi connectivity index (χ4v) is 2.81. The molecule has 6 nitrogen and oxygen atoms in total. The number of nitrogens with zero attached hydrogens (tertiary/aromatic N) is 1. The molecule has 1 heterocycles. The van der Waals surface area contributed by atoms with Gasteiger partial charge in [0.15, 0.2) is 11.5 Å². The third kappa shape index (κ3) is 4.15. The summed E-state index contributed by atoms with van der Waals surface area (Å²) in [7, 11) is 3.12. The lowest BCUT2D eigenvalue weighted by Gasteiger charge is -2.31. The number of ether oxygens (including phenoxy) is 2. The summed E-state index contributed by atoms with van der Waals surface area (Å²) in [5.41, 5.74) is 0.652. The first-order valence-corrected chi connectivity index (χ1v) is 7.89. The van der Waals surface area contributed by atoms with Crippen LogP contribution in [-0.4, -0.2) is 44.0 Å². The van der Waals surface area contributed by atoms with Gasteiger partial charge in [0.05, 0.1) is 14.2 Å². The highest BCUT2D eigenvalue weighted by Gasteiger charge is 2.26. The number of piperidine rings is 1. The summed E-state index contributed by atoms with van der Waals surface area (Å²) < 4.78 is 10.4. The normalized spacial score (nSPS) is 15.2. The number of rotatable bonds is 5. The molecule has 0 aromatic heterocycles. The summed E-state index contributed by atoms with van der Waals surface area (Å²) in [6.07, 6.45) is 2.06. The van der Waals surface area contributed by atoms with Crippen LogP contribution in [0, 0.1) is 5.92 Å². The monoisotopic (exact) mass is 320 g/mol. The summed E-state index contributed by atoms with van der Waals surface area (Å²) in [6.45, 7) is 3.10. The number of carbonyl (C=O) groups excluding carboxylic acids is 2. The number of amides is 2. The van der Waals surface area contributed by atoms with Gasteiger partial charge in [-0.2, -0.15) is 0 Å². The largest absolute Gasteiger partial charge is 0.493 e. The van der Waals surface area contributed by atoms with Gasteiger partial charge in [0.25, 0.3) is 0 Å². The Bertz CT molecular complexity index is 566. The average Bonchev–Trinajstić information content (AvgIpc) is 2.60. The number of ketones is 1. The maximum atomic E-state index is 12.3. The molecule has 0 radical (unpaired) electrons. The highest BCUT2D eigenvalue weighted by atomic mass is 16.5. The molecule has 6 heteroatoms. The van der Waals surface area contributed by atoms with Crippen LogP contribution in [0.25, 0.3) is 0 Å². The molecule has 1 N–H and O–H groups in total. The summed E-state index contributed by atoms with van der Waals surface area (Å²) in [5.74, 6) is 1.58. The molecule has 0 aliphatic carbocycles. The standard InChI is InChI=1S/C17H24N2O4/c1-4-14(20)12-7-9-19(10-8-12)17(21)18-13-5-6-15(22-2)16(11-13)23-3/h5-6,11-12H,4,7-10H2,1-3H3,(H,18,21). The number of carbonyl (C=O) groups is 2. The summed E-state index contributed by atoms with van der Waals surface area (Å²) in [6, 6.07) is 5.09. The second-order valence-electron chi connectivity index (χ2n) is 5.58. The van der Waals surface area contributed by atoms with Gasteiger partial charge in [0.2, 0.25) is 0 Å². The van der Waals surface area contributed by atoms with E-state index in [9.17, 15) is 9.59 Å². The number of nitrogens with one attached hydrogen (secondary N) is 1. The second kappa shape index (κ2) is 7.85. The van der Waals surface area contributed by atoms with Crippen molar-refractivity contribution < 1.29 is 19.1 Å². The van der Waals surface area contributed by atoms with Crippen LogP contribution in [0.1, 0.15) is 26.2 Å². The van der Waals surface area contributed by atoms with Gasteiger partial charge in [-0.15, -0.1) is 0 Å². The number of benzene rings is 1. The molecule has 1 fully saturated rings. The molecule has 126 valence electrons. The number of hydrogen-bond donors (Lipinski definition) is 1. The maximum Gasteiger partial charge on any atom is 0.321 e. The quantitative estimate of drug-likeness (QED) is 0.906. The van der Waals surface area contributed by atoms with E-state index in [2.05, 4.69) is 5.32 Å². The van der Waals surface area contributed by atoms with Gasteiger partial charge in [0.1, 0.15) is 5.78 Å². The van der Waals surface area contributed by atoms with Crippen molar-refractivity contribution in [1.29, 1.82) is 0 Å². The van der Waals surface area contributed by atoms with Crippen LogP contribution in [-0.2, 0) is 4.79 Å². The Morgan fingerprint density at radius 1 is 1.17 bits per heavy atom. The Balaban J connectivity index is 1.94. The lowest BCUT2D eigenvalue weighted by molar-refractivity contribution is -0.123. The predicted octanol–water partition coefficient (Wildman–Crippen LogP) is 2.93. The Kier molecular flexibility index (Phi) is 5.84. The van der Waals surface area contributed by atoms with Crippen molar-refractivity contribution in [2.75, 3.05) is 32.6 Å². The van der Waals surface area contributed by atoms with Crippen LogP contribution < -0.4 is 14.8 Å². The maximum absolute atomic E-state index is 12.3. The molecule has 0 bridgehead atoms. The Labute approximate surface area is 136 Å². The van der Waals surface area contributed by atoms with Gasteiger partial charge in [-0.3, -0.25) is 4.79 Å². The molecular formula is C17H24N2O4. The van der Waals surface area contributed by atoms with Crippen LogP contribution in [0.5, 0.6) is 11.5 Å². The first-order valence-electron chi connectivity index (χ1n) is 7.89. The van der Waals surface area contributed by atoms with Gasteiger partial charge in [0, 0.05) is 37.2 Å². The van der Waals surface area contributed by atoms with Crippen molar-refractivity contribution in [2.24, 2.45) is 5.92 Å². The molecule has 0 unspecified atom stereocenters. The molecule has 1 saturated heterocycles. The van der Waals surface area contributed by atoms with Gasteiger partial charge < -0.3 is 19.7 Å². The molecule has 1 aromatic carbocycles. The van der Waals surface area contributed by atoms with E-state index in [1.807, 2.05) is 6.92 Å². The van der Waals surface area contributed by atoms with Crippen molar-refractivity contribution in [3.63, 3.8) is 0 Å². The van der Waals surface area contributed by atoms with Gasteiger partial charge in [-0.1, -0.05) is 6.92 Å². The van der Waals surface area contributed by atoms with Crippen molar-refractivity contribution >= 4 is 17.5 Å². The minimum Gasteiger partial charge on any atom is -0.493 e. The first kappa shape index (κ1) is 17.1. The van der Waals surface area contributed by atoms with Crippen molar-refractivity contribution in [3.05, 3.63) is 18.2 Å². The van der Waals surface area contributed by atoms with E-state index < -0.39 is 0 Å². The van der Waals surface area contributed by atoms with Crippen LogP contribution in [0.4, 0.5) is 10.5 Å². The van der Waals surface area contributed by atoms with E-state index in [-0.39, 0.29) is 11.9 Å². The van der Waals surface area contributed by atoms with Crippen LogP contribution in [0.15, 0.2) is 18.2 Å². The fraction of sp³-hybridized carbons (Fsp3) is 0.529. The number of anilines is 1. The van der Waals surface area contributed by atoms with E-state index >= 15 is 0 Å². The van der Waals surface area contributed by atoms with Crippen LogP contribution in [0.2, 0.25) is 0 Å². The molecule has 0 spiro atoms. The lowest BCUT2D eigenvalue weighted by atomic mass is 9.91. The average molecular weight is 320 g/mol. The Morgan fingerprint density at radius 3 is 2.39 bits per heavy atom. The van der Waals surface area contributed by atoms with E-state index in [4.69, 9.17) is 9.47 Å². The Hall–Kier alpha value is -2.24. The number of likely N-dealkylation sites (tertiary alicyclic amines) is 1. The van der Waals surface area contributed by atoms with E-state index in [1.165, 1.54) is 0 Å². The molecule has 1 aliphatic heterocycles. The zero-order valence-electron chi connectivity index (χ0n) is 13.9. The molecule has 2 rings (SSSR count). The molecular weight excluding hydrogens is 296 g/mol. The molecule has 0 atom stereocenters. The van der Waals surface area contributed by atoms with E-state index in [0.717, 1.165) is 12.8 Å². The molecule has 23 heavy (non-hydrogen) atoms. The third-order valence-corrected chi connectivity index (χ3v) is 4.22.